The first-order chi connectivity index (χ1) is 9.24. The highest BCUT2D eigenvalue weighted by Gasteiger charge is 2.24. The summed E-state index contributed by atoms with van der Waals surface area (Å²) in [4.78, 5) is 8.51. The SMILES string of the molecule is CC1CCCCC1Oc1nc(N)nc2ccccc12. The van der Waals surface area contributed by atoms with Gasteiger partial charge in [0.05, 0.1) is 10.9 Å². The molecule has 0 radical (unpaired) electrons. The quantitative estimate of drug-likeness (QED) is 0.897. The Kier molecular flexibility index (Phi) is 3.23. The number of aromatic nitrogens is 2. The fourth-order valence-corrected chi connectivity index (χ4v) is 2.76. The molecule has 1 heterocycles. The lowest BCUT2D eigenvalue weighted by Gasteiger charge is -2.29. The van der Waals surface area contributed by atoms with Gasteiger partial charge in [-0.15, -0.1) is 0 Å². The minimum Gasteiger partial charge on any atom is -0.474 e. The fourth-order valence-electron chi connectivity index (χ4n) is 2.76. The summed E-state index contributed by atoms with van der Waals surface area (Å²) < 4.78 is 6.13. The molecule has 0 saturated heterocycles. The molecule has 1 aliphatic carbocycles. The van der Waals surface area contributed by atoms with Crippen LogP contribution in [0.5, 0.6) is 5.88 Å². The first kappa shape index (κ1) is 12.2. The third-order valence-electron chi connectivity index (χ3n) is 3.88. The Morgan fingerprint density at radius 2 is 1.95 bits per heavy atom. The zero-order valence-corrected chi connectivity index (χ0v) is 11.2. The largest absolute Gasteiger partial charge is 0.474 e. The molecule has 2 N–H and O–H groups in total. The van der Waals surface area contributed by atoms with E-state index >= 15 is 0 Å². The molecular weight excluding hydrogens is 238 g/mol. The second-order valence-electron chi connectivity index (χ2n) is 5.32. The van der Waals surface area contributed by atoms with E-state index in [0.29, 0.717) is 11.8 Å². The molecular formula is C15H19N3O. The van der Waals surface area contributed by atoms with Gasteiger partial charge in [-0.25, -0.2) is 4.98 Å². The van der Waals surface area contributed by atoms with Crippen molar-refractivity contribution in [1.82, 2.24) is 9.97 Å². The smallest absolute Gasteiger partial charge is 0.226 e. The Labute approximate surface area is 113 Å². The molecule has 2 atom stereocenters. The summed E-state index contributed by atoms with van der Waals surface area (Å²) in [6, 6.07) is 7.84. The molecule has 2 unspecified atom stereocenters. The van der Waals surface area contributed by atoms with Crippen LogP contribution < -0.4 is 10.5 Å². The highest BCUT2D eigenvalue weighted by molar-refractivity contribution is 5.84. The van der Waals surface area contributed by atoms with E-state index < -0.39 is 0 Å². The monoisotopic (exact) mass is 257 g/mol. The number of hydrogen-bond acceptors (Lipinski definition) is 4. The van der Waals surface area contributed by atoms with Crippen molar-refractivity contribution >= 4 is 16.9 Å². The molecule has 1 aromatic carbocycles. The lowest BCUT2D eigenvalue weighted by molar-refractivity contribution is 0.0994. The number of para-hydroxylation sites is 1. The van der Waals surface area contributed by atoms with E-state index in [1.807, 2.05) is 24.3 Å². The topological polar surface area (TPSA) is 61.0 Å². The third-order valence-corrected chi connectivity index (χ3v) is 3.88. The lowest BCUT2D eigenvalue weighted by atomic mass is 9.88. The second kappa shape index (κ2) is 5.03. The zero-order valence-electron chi connectivity index (χ0n) is 11.2. The van der Waals surface area contributed by atoms with Gasteiger partial charge in [0.2, 0.25) is 11.8 Å². The Bertz CT molecular complexity index is 585. The van der Waals surface area contributed by atoms with Gasteiger partial charge in [0.1, 0.15) is 6.10 Å². The van der Waals surface area contributed by atoms with E-state index in [1.54, 1.807) is 0 Å². The van der Waals surface area contributed by atoms with E-state index in [9.17, 15) is 0 Å². The van der Waals surface area contributed by atoms with Crippen molar-refractivity contribution in [2.45, 2.75) is 38.7 Å². The highest BCUT2D eigenvalue weighted by Crippen LogP contribution is 2.30. The summed E-state index contributed by atoms with van der Waals surface area (Å²) >= 11 is 0. The van der Waals surface area contributed by atoms with Crippen molar-refractivity contribution in [3.63, 3.8) is 0 Å². The number of ether oxygens (including phenoxy) is 1. The summed E-state index contributed by atoms with van der Waals surface area (Å²) in [5.74, 6) is 1.47. The van der Waals surface area contributed by atoms with Gasteiger partial charge in [0.25, 0.3) is 0 Å². The summed E-state index contributed by atoms with van der Waals surface area (Å²) in [5, 5.41) is 0.939. The normalized spacial score (nSPS) is 23.4. The molecule has 4 heteroatoms. The van der Waals surface area contributed by atoms with Crippen LogP contribution in [0.15, 0.2) is 24.3 Å². The maximum atomic E-state index is 6.13. The van der Waals surface area contributed by atoms with Crippen LogP contribution in [0, 0.1) is 5.92 Å². The molecule has 2 aromatic rings. The number of fused-ring (bicyclic) bond motifs is 1. The van der Waals surface area contributed by atoms with Gasteiger partial charge in [0, 0.05) is 0 Å². The van der Waals surface area contributed by atoms with Crippen molar-refractivity contribution in [2.24, 2.45) is 5.92 Å². The van der Waals surface area contributed by atoms with Gasteiger partial charge < -0.3 is 10.5 Å². The molecule has 100 valence electrons. The molecule has 1 aromatic heterocycles. The van der Waals surface area contributed by atoms with Gasteiger partial charge in [-0.2, -0.15) is 4.98 Å². The molecule has 0 spiro atoms. The van der Waals surface area contributed by atoms with E-state index in [0.717, 1.165) is 17.3 Å². The number of hydrogen-bond donors (Lipinski definition) is 1. The number of nitrogen functional groups attached to an aromatic ring is 1. The van der Waals surface area contributed by atoms with E-state index in [-0.39, 0.29) is 12.1 Å². The van der Waals surface area contributed by atoms with Crippen molar-refractivity contribution in [3.8, 4) is 5.88 Å². The lowest BCUT2D eigenvalue weighted by Crippen LogP contribution is -2.28. The Morgan fingerprint density at radius 1 is 1.16 bits per heavy atom. The molecule has 0 aliphatic heterocycles. The van der Waals surface area contributed by atoms with E-state index in [1.165, 1.54) is 19.3 Å². The Hall–Kier alpha value is -1.84. The number of rotatable bonds is 2. The highest BCUT2D eigenvalue weighted by atomic mass is 16.5. The summed E-state index contributed by atoms with van der Waals surface area (Å²) in [6.45, 7) is 2.25. The van der Waals surface area contributed by atoms with Crippen LogP contribution in [-0.2, 0) is 0 Å². The third kappa shape index (κ3) is 2.48. The molecule has 4 nitrogen and oxygen atoms in total. The van der Waals surface area contributed by atoms with Crippen LogP contribution >= 0.6 is 0 Å². The van der Waals surface area contributed by atoms with Gasteiger partial charge >= 0.3 is 0 Å². The van der Waals surface area contributed by atoms with Crippen LogP contribution in [0.2, 0.25) is 0 Å². The molecule has 1 fully saturated rings. The number of nitrogens with two attached hydrogens (primary N) is 1. The zero-order chi connectivity index (χ0) is 13.2. The standard InChI is InChI=1S/C15H19N3O/c1-10-6-2-5-9-13(10)19-14-11-7-3-4-8-12(11)17-15(16)18-14/h3-4,7-8,10,13H,2,5-6,9H2,1H3,(H2,16,17,18). The van der Waals surface area contributed by atoms with Crippen molar-refractivity contribution in [1.29, 1.82) is 0 Å². The maximum Gasteiger partial charge on any atom is 0.226 e. The summed E-state index contributed by atoms with van der Waals surface area (Å²) in [6.07, 6.45) is 5.09. The average Bonchev–Trinajstić information content (AvgIpc) is 2.41. The molecule has 3 rings (SSSR count). The predicted octanol–water partition coefficient (Wildman–Crippen LogP) is 3.17. The molecule has 0 amide bonds. The summed E-state index contributed by atoms with van der Waals surface area (Å²) in [7, 11) is 0. The van der Waals surface area contributed by atoms with E-state index in [4.69, 9.17) is 10.5 Å². The molecule has 1 aliphatic rings. The average molecular weight is 257 g/mol. The van der Waals surface area contributed by atoms with Crippen LogP contribution in [0.25, 0.3) is 10.9 Å². The first-order valence-corrected chi connectivity index (χ1v) is 6.93. The van der Waals surface area contributed by atoms with Crippen molar-refractivity contribution in [2.75, 3.05) is 5.73 Å². The number of nitrogens with zero attached hydrogens (tertiary/aromatic N) is 2. The predicted molar refractivity (Wildman–Crippen MR) is 76.0 cm³/mol. The van der Waals surface area contributed by atoms with Crippen LogP contribution in [0.1, 0.15) is 32.6 Å². The van der Waals surface area contributed by atoms with Crippen molar-refractivity contribution < 1.29 is 4.74 Å². The van der Waals surface area contributed by atoms with Gasteiger partial charge in [-0.3, -0.25) is 0 Å². The Balaban J connectivity index is 1.95. The van der Waals surface area contributed by atoms with Gasteiger partial charge in [0.15, 0.2) is 0 Å². The van der Waals surface area contributed by atoms with Crippen LogP contribution in [-0.4, -0.2) is 16.1 Å². The minimum atomic E-state index is 0.242. The summed E-state index contributed by atoms with van der Waals surface area (Å²) in [5.41, 5.74) is 6.60. The number of benzene rings is 1. The van der Waals surface area contributed by atoms with Crippen molar-refractivity contribution in [3.05, 3.63) is 24.3 Å². The molecule has 19 heavy (non-hydrogen) atoms. The fraction of sp³-hybridized carbons (Fsp3) is 0.467. The van der Waals surface area contributed by atoms with E-state index in [2.05, 4.69) is 16.9 Å². The van der Waals surface area contributed by atoms with Crippen LogP contribution in [0.3, 0.4) is 0 Å². The van der Waals surface area contributed by atoms with Crippen LogP contribution in [0.4, 0.5) is 5.95 Å². The molecule has 0 bridgehead atoms. The van der Waals surface area contributed by atoms with Gasteiger partial charge in [-0.1, -0.05) is 25.5 Å². The first-order valence-electron chi connectivity index (χ1n) is 6.93. The minimum absolute atomic E-state index is 0.242. The van der Waals surface area contributed by atoms with Gasteiger partial charge in [-0.05, 0) is 37.3 Å². The second-order valence-corrected chi connectivity index (χ2v) is 5.32. The number of anilines is 1. The maximum absolute atomic E-state index is 6.13. The molecule has 1 saturated carbocycles. The Morgan fingerprint density at radius 3 is 2.79 bits per heavy atom.